The van der Waals surface area contributed by atoms with Crippen LogP contribution in [0.2, 0.25) is 0 Å². The van der Waals surface area contributed by atoms with Crippen molar-refractivity contribution in [2.24, 2.45) is 25.6 Å². The van der Waals surface area contributed by atoms with Gasteiger partial charge < -0.3 is 68.7 Å². The monoisotopic (exact) mass is 952 g/mol. The number of amides is 1. The fourth-order valence-electron chi connectivity index (χ4n) is 8.30. The Morgan fingerprint density at radius 2 is 1.22 bits per heavy atom. The molecule has 0 bridgehead atoms. The van der Waals surface area contributed by atoms with E-state index < -0.39 is 129 Å². The zero-order chi connectivity index (χ0) is 48.7. The molecule has 4 fully saturated rings. The first-order chi connectivity index (χ1) is 33.0. The van der Waals surface area contributed by atoms with E-state index in [2.05, 4.69) is 50.1 Å². The lowest BCUT2D eigenvalue weighted by Gasteiger charge is -2.47. The molecule has 1 saturated carbocycles. The van der Waals surface area contributed by atoms with Gasteiger partial charge in [-0.25, -0.2) is 4.79 Å². The first kappa shape index (κ1) is 51.2. The molecule has 3 heterocycles. The van der Waals surface area contributed by atoms with Crippen LogP contribution in [0.5, 0.6) is 0 Å². The van der Waals surface area contributed by atoms with Gasteiger partial charge in [-0.05, 0) is 51.6 Å². The smallest absolute Gasteiger partial charge is 0.410 e. The standard InChI is InChI=1S/C38H48N16O14/c39-49-44-13-22-27(56)29(58)26(48-53-43)36(64-22)66-32-23(16-55)65-37(31(32)60)68-34-30(59)24(46-51-41)28(57)25(47-52-42)33(34)67-35-21(45-50-40)12-11-20(63-35)15-54(14-18-7-3-1-4-8-18)38(61)62-17-19-9-5-2-6-10-19/h1-10,20-37,55-60H,11-17H2/t20-,21+,22-,23+,24+,25-,26+,27+,28+,29+,30-,31+,32+,33+,34+,35+,36?,37-/m0/s1. The molecular formula is C38H48N16O14. The molecular weight excluding hydrogens is 905 g/mol. The Morgan fingerprint density at radius 1 is 0.618 bits per heavy atom. The maximum absolute atomic E-state index is 13.6. The predicted molar refractivity (Wildman–Crippen MR) is 226 cm³/mol. The van der Waals surface area contributed by atoms with E-state index in [0.717, 1.165) is 11.1 Å². The Morgan fingerprint density at radius 3 is 1.87 bits per heavy atom. The molecule has 18 atom stereocenters. The molecule has 0 aromatic heterocycles. The first-order valence-corrected chi connectivity index (χ1v) is 21.1. The van der Waals surface area contributed by atoms with Crippen molar-refractivity contribution in [3.8, 4) is 0 Å². The molecule has 1 unspecified atom stereocenters. The third-order valence-electron chi connectivity index (χ3n) is 11.7. The zero-order valence-electron chi connectivity index (χ0n) is 35.7. The molecule has 364 valence electrons. The van der Waals surface area contributed by atoms with E-state index in [9.17, 15) is 57.6 Å². The highest BCUT2D eigenvalue weighted by Crippen LogP contribution is 2.38. The summed E-state index contributed by atoms with van der Waals surface area (Å²) < 4.78 is 41.8. The van der Waals surface area contributed by atoms with Crippen LogP contribution in [0, 0.1) is 0 Å². The Labute approximate surface area is 384 Å². The van der Waals surface area contributed by atoms with Crippen molar-refractivity contribution < 1.29 is 68.6 Å². The van der Waals surface area contributed by atoms with Gasteiger partial charge in [0.05, 0.1) is 68.3 Å². The minimum absolute atomic E-state index is 0.0326. The van der Waals surface area contributed by atoms with Crippen LogP contribution >= 0.6 is 0 Å². The lowest BCUT2D eigenvalue weighted by Crippen LogP contribution is -2.66. The molecule has 30 heteroatoms. The lowest BCUT2D eigenvalue weighted by atomic mass is 9.81. The van der Waals surface area contributed by atoms with E-state index in [1.165, 1.54) is 4.90 Å². The zero-order valence-corrected chi connectivity index (χ0v) is 35.7. The van der Waals surface area contributed by atoms with Crippen molar-refractivity contribution in [2.45, 2.75) is 136 Å². The van der Waals surface area contributed by atoms with Crippen LogP contribution in [-0.2, 0) is 46.3 Å². The third kappa shape index (κ3) is 12.3. The molecule has 68 heavy (non-hydrogen) atoms. The van der Waals surface area contributed by atoms with E-state index in [1.807, 2.05) is 24.3 Å². The number of benzene rings is 2. The lowest BCUT2D eigenvalue weighted by molar-refractivity contribution is -0.296. The summed E-state index contributed by atoms with van der Waals surface area (Å²) >= 11 is 0. The van der Waals surface area contributed by atoms with Gasteiger partial charge in [0, 0.05) is 31.1 Å². The summed E-state index contributed by atoms with van der Waals surface area (Å²) in [6.07, 6.45) is -24.2. The highest BCUT2D eigenvalue weighted by Gasteiger charge is 2.57. The highest BCUT2D eigenvalue weighted by molar-refractivity contribution is 5.67. The van der Waals surface area contributed by atoms with Crippen LogP contribution in [0.4, 0.5) is 4.79 Å². The summed E-state index contributed by atoms with van der Waals surface area (Å²) in [4.78, 5) is 28.7. The van der Waals surface area contributed by atoms with Crippen LogP contribution in [0.15, 0.2) is 86.2 Å². The van der Waals surface area contributed by atoms with E-state index in [0.29, 0.717) is 0 Å². The second-order valence-electron chi connectivity index (χ2n) is 15.9. The maximum Gasteiger partial charge on any atom is 0.410 e. The molecule has 4 aliphatic rings. The van der Waals surface area contributed by atoms with Gasteiger partial charge in [-0.1, -0.05) is 86.2 Å². The molecule has 6 rings (SSSR count). The van der Waals surface area contributed by atoms with Crippen LogP contribution < -0.4 is 0 Å². The maximum atomic E-state index is 13.6. The van der Waals surface area contributed by atoms with Crippen molar-refractivity contribution in [2.75, 3.05) is 19.7 Å². The third-order valence-corrected chi connectivity index (χ3v) is 11.7. The van der Waals surface area contributed by atoms with Gasteiger partial charge in [-0.3, -0.25) is 0 Å². The Kier molecular flexibility index (Phi) is 18.6. The fourth-order valence-corrected chi connectivity index (χ4v) is 8.30. The van der Waals surface area contributed by atoms with Gasteiger partial charge in [-0.2, -0.15) is 0 Å². The molecule has 30 nitrogen and oxygen atoms in total. The van der Waals surface area contributed by atoms with Gasteiger partial charge in [0.15, 0.2) is 18.9 Å². The summed E-state index contributed by atoms with van der Waals surface area (Å²) in [6, 6.07) is 11.7. The number of carbonyl (C=O) groups excluding carboxylic acids is 1. The molecule has 6 N–H and O–H groups in total. The van der Waals surface area contributed by atoms with Gasteiger partial charge >= 0.3 is 6.09 Å². The van der Waals surface area contributed by atoms with Crippen molar-refractivity contribution in [3.05, 3.63) is 124 Å². The molecule has 0 radical (unpaired) electrons. The van der Waals surface area contributed by atoms with Gasteiger partial charge in [-0.15, -0.1) is 0 Å². The van der Waals surface area contributed by atoms with Crippen LogP contribution in [0.1, 0.15) is 24.0 Å². The summed E-state index contributed by atoms with van der Waals surface area (Å²) in [7, 11) is 0. The number of aliphatic hydroxyl groups excluding tert-OH is 6. The topological polar surface area (TPSA) is 450 Å². The number of hydrogen-bond acceptors (Lipinski definition) is 19. The molecule has 2 aromatic rings. The van der Waals surface area contributed by atoms with Gasteiger partial charge in [0.1, 0.15) is 49.3 Å². The average molecular weight is 953 g/mol. The van der Waals surface area contributed by atoms with Crippen molar-refractivity contribution in [3.63, 3.8) is 0 Å². The predicted octanol–water partition coefficient (Wildman–Crippen LogP) is 2.77. The van der Waals surface area contributed by atoms with E-state index >= 15 is 0 Å². The Bertz CT molecular complexity index is 2230. The molecule has 2 aromatic carbocycles. The second kappa shape index (κ2) is 24.7. The average Bonchev–Trinajstić information content (AvgIpc) is 3.64. The number of ether oxygens (including phenoxy) is 7. The quantitative estimate of drug-likeness (QED) is 0.0670. The Balaban J connectivity index is 1.27. The van der Waals surface area contributed by atoms with Crippen molar-refractivity contribution >= 4 is 6.09 Å². The molecule has 0 spiro atoms. The van der Waals surface area contributed by atoms with Gasteiger partial charge in [0.2, 0.25) is 0 Å². The van der Waals surface area contributed by atoms with E-state index in [-0.39, 0.29) is 32.5 Å². The summed E-state index contributed by atoms with van der Waals surface area (Å²) in [6.45, 7) is -1.41. The van der Waals surface area contributed by atoms with Crippen LogP contribution in [0.3, 0.4) is 0 Å². The molecule has 3 saturated heterocycles. The minimum Gasteiger partial charge on any atom is -0.445 e. The number of rotatable bonds is 19. The summed E-state index contributed by atoms with van der Waals surface area (Å²) in [5.41, 5.74) is 48.1. The van der Waals surface area contributed by atoms with Crippen LogP contribution in [0.25, 0.3) is 52.2 Å². The number of hydrogen-bond donors (Lipinski definition) is 6. The minimum atomic E-state index is -2.04. The number of azide groups is 5. The number of carbonyl (C=O) groups is 1. The highest BCUT2D eigenvalue weighted by atomic mass is 16.8. The number of nitrogens with zero attached hydrogens (tertiary/aromatic N) is 16. The fraction of sp³-hybridized carbons (Fsp3) is 0.658. The van der Waals surface area contributed by atoms with Crippen LogP contribution in [-0.4, -0.2) is 172 Å². The molecule has 1 amide bonds. The summed E-state index contributed by atoms with van der Waals surface area (Å²) in [5, 5.41) is 84.2. The largest absolute Gasteiger partial charge is 0.445 e. The van der Waals surface area contributed by atoms with E-state index in [4.69, 9.17) is 38.7 Å². The van der Waals surface area contributed by atoms with Gasteiger partial charge in [0.25, 0.3) is 0 Å². The van der Waals surface area contributed by atoms with Crippen molar-refractivity contribution in [1.82, 2.24) is 4.90 Å². The molecule has 3 aliphatic heterocycles. The normalized spacial score (nSPS) is 35.4. The number of aliphatic hydroxyl groups is 6. The first-order valence-electron chi connectivity index (χ1n) is 21.1. The van der Waals surface area contributed by atoms with Crippen molar-refractivity contribution in [1.29, 1.82) is 0 Å². The van der Waals surface area contributed by atoms with E-state index in [1.54, 1.807) is 36.4 Å². The SMILES string of the molecule is [N-]=[N+]=NC[C@@H]1OC(O[C@H]2[C@@H](O)[C@H](O[C@@H]3[C@@H](O)[C@H](N=[N+]=[N-])[C@@H](O)[C@H](N=[N+]=[N-])[C@H]3O[C@H]3O[C@H](CN(Cc4ccccc4)C(=O)OCc4ccccc4)CC[C@H]3N=[N+]=[N-])O[C@@H]2CO)[C@H](N=[N+]=[N-])[C@@H](O)[C@@H]1O. The molecule has 1 aliphatic carbocycles. The second-order valence-corrected chi connectivity index (χ2v) is 15.9. The Hall–Kier alpha value is -6.22. The summed E-state index contributed by atoms with van der Waals surface area (Å²) in [5.74, 6) is 0.